The summed E-state index contributed by atoms with van der Waals surface area (Å²) >= 11 is 0. The van der Waals surface area contributed by atoms with Gasteiger partial charge in [0, 0.05) is 0 Å². The number of nitrogens with two attached hydrogens (primary N) is 1. The summed E-state index contributed by atoms with van der Waals surface area (Å²) in [6, 6.07) is 0. The van der Waals surface area contributed by atoms with Gasteiger partial charge in [-0.05, 0) is 0 Å². The average Bonchev–Trinajstić information content (AvgIpc) is 2.36. The fraction of sp³-hybridized carbons (Fsp3) is 0.167. The van der Waals surface area contributed by atoms with Gasteiger partial charge in [0.25, 0.3) is 0 Å². The predicted octanol–water partition coefficient (Wildman–Crippen LogP) is 0.368. The first-order chi connectivity index (χ1) is 4.88. The first kappa shape index (κ1) is 5.34. The maximum Gasteiger partial charge on any atom is 0.133 e. The van der Waals surface area contributed by atoms with E-state index in [0.717, 1.165) is 11.3 Å². The molecule has 0 saturated heterocycles. The van der Waals surface area contributed by atoms with E-state index in [2.05, 4.69) is 10.3 Å². The lowest BCUT2D eigenvalue weighted by Crippen LogP contribution is -2.20. The summed E-state index contributed by atoms with van der Waals surface area (Å²) in [5.41, 5.74) is 7.32. The van der Waals surface area contributed by atoms with E-state index < -0.39 is 0 Å². The molecule has 0 saturated carbocycles. The monoisotopic (exact) mass is 137 g/mol. The van der Waals surface area contributed by atoms with Gasteiger partial charge in [-0.2, -0.15) is 0 Å². The van der Waals surface area contributed by atoms with Gasteiger partial charge in [0.05, 0.1) is 11.3 Å². The highest BCUT2D eigenvalue weighted by molar-refractivity contribution is 6.03. The third-order valence-corrected chi connectivity index (χ3v) is 1.46. The first-order valence-electron chi connectivity index (χ1n) is 2.98. The molecule has 3 N–H and O–H groups in total. The molecule has 0 atom stereocenters. The van der Waals surface area contributed by atoms with E-state index >= 15 is 0 Å². The number of furan rings is 1. The molecule has 1 aliphatic rings. The van der Waals surface area contributed by atoms with Crippen LogP contribution in [0.25, 0.3) is 0 Å². The van der Waals surface area contributed by atoms with Crippen LogP contribution in [0.1, 0.15) is 5.56 Å². The molecule has 4 heteroatoms. The van der Waals surface area contributed by atoms with E-state index in [9.17, 15) is 0 Å². The van der Waals surface area contributed by atoms with Crippen LogP contribution in [0.2, 0.25) is 0 Å². The number of hydrogen-bond acceptors (Lipinski definition) is 4. The molecule has 0 aliphatic carbocycles. The van der Waals surface area contributed by atoms with Gasteiger partial charge >= 0.3 is 0 Å². The van der Waals surface area contributed by atoms with Crippen LogP contribution in [0.5, 0.6) is 0 Å². The van der Waals surface area contributed by atoms with Crippen molar-refractivity contribution in [3.63, 3.8) is 0 Å². The Morgan fingerprint density at radius 1 is 1.60 bits per heavy atom. The molecule has 0 radical (unpaired) electrons. The summed E-state index contributed by atoms with van der Waals surface area (Å²) in [5, 5.41) is 3.01. The van der Waals surface area contributed by atoms with Crippen molar-refractivity contribution in [2.45, 2.75) is 0 Å². The fourth-order valence-corrected chi connectivity index (χ4v) is 0.927. The molecule has 0 bridgehead atoms. The zero-order valence-electron chi connectivity index (χ0n) is 5.29. The van der Waals surface area contributed by atoms with Crippen LogP contribution >= 0.6 is 0 Å². The molecule has 52 valence electrons. The van der Waals surface area contributed by atoms with Crippen molar-refractivity contribution >= 4 is 11.5 Å². The van der Waals surface area contributed by atoms with Crippen LogP contribution in [0.15, 0.2) is 21.9 Å². The quantitative estimate of drug-likeness (QED) is 0.543. The minimum absolute atomic E-state index is 0.540. The summed E-state index contributed by atoms with van der Waals surface area (Å²) in [7, 11) is 0. The van der Waals surface area contributed by atoms with Crippen molar-refractivity contribution < 1.29 is 4.42 Å². The second-order valence-electron chi connectivity index (χ2n) is 2.08. The van der Waals surface area contributed by atoms with Gasteiger partial charge in [0.15, 0.2) is 0 Å². The largest absolute Gasteiger partial charge is 0.470 e. The van der Waals surface area contributed by atoms with Crippen molar-refractivity contribution in [2.24, 2.45) is 10.7 Å². The smallest absolute Gasteiger partial charge is 0.133 e. The number of hydrogen-bond donors (Lipinski definition) is 2. The molecule has 1 aromatic heterocycles. The summed E-state index contributed by atoms with van der Waals surface area (Å²) in [6.07, 6.45) is 3.21. The number of fused-ring (bicyclic) bond motifs is 1. The Bertz CT molecular complexity index is 276. The minimum atomic E-state index is 0.540. The second-order valence-corrected chi connectivity index (χ2v) is 2.08. The van der Waals surface area contributed by atoms with Gasteiger partial charge in [-0.25, -0.2) is 4.99 Å². The number of nitrogens with zero attached hydrogens (tertiary/aromatic N) is 1. The first-order valence-corrected chi connectivity index (χ1v) is 2.98. The predicted molar refractivity (Wildman–Crippen MR) is 37.9 cm³/mol. The molecule has 2 rings (SSSR count). The summed E-state index contributed by atoms with van der Waals surface area (Å²) in [4.78, 5) is 3.97. The van der Waals surface area contributed by atoms with Crippen LogP contribution in [-0.4, -0.2) is 12.5 Å². The van der Waals surface area contributed by atoms with Crippen molar-refractivity contribution in [1.29, 1.82) is 0 Å². The summed E-state index contributed by atoms with van der Waals surface area (Å²) in [6.45, 7) is 0.540. The lowest BCUT2D eigenvalue weighted by molar-refractivity contribution is 0.567. The highest BCUT2D eigenvalue weighted by Gasteiger charge is 2.11. The minimum Gasteiger partial charge on any atom is -0.470 e. The molecule has 2 heterocycles. The molecule has 0 aromatic carbocycles. The summed E-state index contributed by atoms with van der Waals surface area (Å²) < 4.78 is 4.91. The maximum atomic E-state index is 5.54. The molecule has 0 spiro atoms. The number of aliphatic imine (C=N–C) groups is 1. The highest BCUT2D eigenvalue weighted by Crippen LogP contribution is 2.18. The van der Waals surface area contributed by atoms with Crippen LogP contribution in [0.4, 0.5) is 5.69 Å². The zero-order valence-corrected chi connectivity index (χ0v) is 5.29. The molecule has 1 aliphatic heterocycles. The third kappa shape index (κ3) is 0.586. The van der Waals surface area contributed by atoms with Crippen LogP contribution in [-0.2, 0) is 0 Å². The molecule has 0 unspecified atom stereocenters. The van der Waals surface area contributed by atoms with Crippen LogP contribution in [0.3, 0.4) is 0 Å². The second kappa shape index (κ2) is 1.76. The van der Waals surface area contributed by atoms with Crippen LogP contribution in [0, 0.1) is 0 Å². The van der Waals surface area contributed by atoms with E-state index in [0.29, 0.717) is 12.5 Å². The average molecular weight is 137 g/mol. The normalized spacial score (nSPS) is 15.4. The van der Waals surface area contributed by atoms with E-state index in [4.69, 9.17) is 10.2 Å². The number of amidine groups is 1. The van der Waals surface area contributed by atoms with Crippen molar-refractivity contribution in [1.82, 2.24) is 0 Å². The Morgan fingerprint density at radius 3 is 3.30 bits per heavy atom. The van der Waals surface area contributed by atoms with Gasteiger partial charge in [0.2, 0.25) is 0 Å². The lowest BCUT2D eigenvalue weighted by atomic mass is 10.2. The maximum absolute atomic E-state index is 5.54. The van der Waals surface area contributed by atoms with Crippen molar-refractivity contribution in [3.05, 3.63) is 18.1 Å². The van der Waals surface area contributed by atoms with E-state index in [-0.39, 0.29) is 0 Å². The molecule has 1 aromatic rings. The molecular weight excluding hydrogens is 130 g/mol. The Hall–Kier alpha value is -1.45. The van der Waals surface area contributed by atoms with Gasteiger partial charge in [0.1, 0.15) is 25.0 Å². The topological polar surface area (TPSA) is 63.5 Å². The van der Waals surface area contributed by atoms with Gasteiger partial charge in [-0.3, -0.25) is 0 Å². The Kier molecular flexibility index (Phi) is 0.943. The number of anilines is 1. The number of nitrogens with one attached hydrogen (secondary N) is 1. The van der Waals surface area contributed by atoms with Gasteiger partial charge in [-0.15, -0.1) is 0 Å². The van der Waals surface area contributed by atoms with E-state index in [1.54, 1.807) is 12.5 Å². The number of rotatable bonds is 0. The Balaban J connectivity index is 2.55. The SMILES string of the molecule is NC1=NCNc2cocc21. The highest BCUT2D eigenvalue weighted by atomic mass is 16.3. The van der Waals surface area contributed by atoms with E-state index in [1.165, 1.54) is 0 Å². The Morgan fingerprint density at radius 2 is 2.50 bits per heavy atom. The molecule has 0 fully saturated rings. The Labute approximate surface area is 57.7 Å². The molecule has 4 nitrogen and oxygen atoms in total. The van der Waals surface area contributed by atoms with Crippen LogP contribution < -0.4 is 11.1 Å². The molecular formula is C6H7N3O. The molecule has 10 heavy (non-hydrogen) atoms. The molecule has 0 amide bonds. The zero-order chi connectivity index (χ0) is 6.97. The van der Waals surface area contributed by atoms with E-state index in [1.807, 2.05) is 0 Å². The lowest BCUT2D eigenvalue weighted by Gasteiger charge is -2.08. The van der Waals surface area contributed by atoms with Gasteiger partial charge in [-0.1, -0.05) is 0 Å². The third-order valence-electron chi connectivity index (χ3n) is 1.46. The van der Waals surface area contributed by atoms with Crippen molar-refractivity contribution in [3.8, 4) is 0 Å². The van der Waals surface area contributed by atoms with Crippen molar-refractivity contribution in [2.75, 3.05) is 12.0 Å². The summed E-state index contributed by atoms with van der Waals surface area (Å²) in [5.74, 6) is 0.544. The standard InChI is InChI=1S/C6H7N3O/c7-6-4-1-10-2-5(4)8-3-9-6/h1-2,8H,3H2,(H2,7,9). The fourth-order valence-electron chi connectivity index (χ4n) is 0.927. The van der Waals surface area contributed by atoms with Gasteiger partial charge < -0.3 is 15.5 Å².